The molecular weight excluding hydrogens is 338 g/mol. The molecule has 0 unspecified atom stereocenters. The first kappa shape index (κ1) is 16.7. The summed E-state index contributed by atoms with van der Waals surface area (Å²) in [5.74, 6) is 0.401. The van der Waals surface area contributed by atoms with E-state index in [1.165, 1.54) is 30.5 Å². The summed E-state index contributed by atoms with van der Waals surface area (Å²) in [5, 5.41) is 10.9. The monoisotopic (exact) mass is 361 g/mol. The lowest BCUT2D eigenvalue weighted by molar-refractivity contribution is -0.0111. The largest absolute Gasteiger partial charge is 0.388 e. The van der Waals surface area contributed by atoms with Crippen LogP contribution >= 0.6 is 11.3 Å². The SMILES string of the molecule is NC(=O)c1cc2ncnc(N3CCC(O)(CN4CCCC4)CC3)c2s1. The molecule has 4 rings (SSSR count). The number of rotatable bonds is 4. The third kappa shape index (κ3) is 3.33. The number of piperidine rings is 1. The summed E-state index contributed by atoms with van der Waals surface area (Å²) >= 11 is 1.34. The number of anilines is 1. The Hall–Kier alpha value is -1.77. The second-order valence-electron chi connectivity index (χ2n) is 7.08. The van der Waals surface area contributed by atoms with Crippen molar-refractivity contribution in [1.29, 1.82) is 0 Å². The van der Waals surface area contributed by atoms with Gasteiger partial charge in [0, 0.05) is 19.6 Å². The van der Waals surface area contributed by atoms with Crippen molar-refractivity contribution in [2.45, 2.75) is 31.3 Å². The molecule has 0 spiro atoms. The van der Waals surface area contributed by atoms with Crippen LogP contribution in [0.15, 0.2) is 12.4 Å². The Labute approximate surface area is 150 Å². The number of primary amides is 1. The van der Waals surface area contributed by atoms with E-state index in [1.54, 1.807) is 6.07 Å². The van der Waals surface area contributed by atoms with Gasteiger partial charge in [-0.25, -0.2) is 9.97 Å². The summed E-state index contributed by atoms with van der Waals surface area (Å²) in [4.78, 5) is 25.2. The Balaban J connectivity index is 1.50. The minimum atomic E-state index is -0.610. The van der Waals surface area contributed by atoms with Gasteiger partial charge in [-0.05, 0) is 44.8 Å². The van der Waals surface area contributed by atoms with Crippen molar-refractivity contribution in [3.63, 3.8) is 0 Å². The molecule has 2 aromatic rings. The molecule has 2 saturated heterocycles. The first-order valence-electron chi connectivity index (χ1n) is 8.78. The van der Waals surface area contributed by atoms with Crippen LogP contribution in [-0.4, -0.2) is 64.2 Å². The molecule has 0 saturated carbocycles. The number of carbonyl (C=O) groups is 1. The number of hydrogen-bond donors (Lipinski definition) is 2. The first-order valence-corrected chi connectivity index (χ1v) is 9.60. The summed E-state index contributed by atoms with van der Waals surface area (Å²) in [5.41, 5.74) is 5.53. The highest BCUT2D eigenvalue weighted by Crippen LogP contribution is 2.34. The second-order valence-corrected chi connectivity index (χ2v) is 8.13. The Morgan fingerprint density at radius 1 is 1.24 bits per heavy atom. The number of amides is 1. The molecule has 0 aromatic carbocycles. The molecule has 2 aliphatic heterocycles. The fourth-order valence-electron chi connectivity index (χ4n) is 3.84. The van der Waals surface area contributed by atoms with Crippen LogP contribution in [-0.2, 0) is 0 Å². The van der Waals surface area contributed by atoms with Gasteiger partial charge in [-0.2, -0.15) is 0 Å². The zero-order valence-corrected chi connectivity index (χ0v) is 15.0. The number of aliphatic hydroxyl groups is 1. The Morgan fingerprint density at radius 2 is 1.96 bits per heavy atom. The molecule has 0 radical (unpaired) electrons. The topological polar surface area (TPSA) is 95.6 Å². The van der Waals surface area contributed by atoms with Crippen molar-refractivity contribution < 1.29 is 9.90 Å². The maximum atomic E-state index is 11.4. The van der Waals surface area contributed by atoms with Gasteiger partial charge >= 0.3 is 0 Å². The predicted molar refractivity (Wildman–Crippen MR) is 98.0 cm³/mol. The third-order valence-corrected chi connectivity index (χ3v) is 6.38. The highest BCUT2D eigenvalue weighted by atomic mass is 32.1. The standard InChI is InChI=1S/C17H23N5O2S/c18-15(23)13-9-12-14(25-13)16(20-11-19-12)22-7-3-17(24,4-8-22)10-21-5-1-2-6-21/h9,11,24H,1-8,10H2,(H2,18,23). The van der Waals surface area contributed by atoms with E-state index < -0.39 is 11.5 Å². The molecule has 0 bridgehead atoms. The highest BCUT2D eigenvalue weighted by molar-refractivity contribution is 7.21. The van der Waals surface area contributed by atoms with Gasteiger partial charge in [-0.1, -0.05) is 0 Å². The molecule has 7 nitrogen and oxygen atoms in total. The van der Waals surface area contributed by atoms with Crippen molar-refractivity contribution in [3.05, 3.63) is 17.3 Å². The van der Waals surface area contributed by atoms with Gasteiger partial charge in [0.15, 0.2) is 0 Å². The molecule has 8 heteroatoms. The number of thiophene rings is 1. The Morgan fingerprint density at radius 3 is 2.64 bits per heavy atom. The van der Waals surface area contributed by atoms with E-state index in [9.17, 15) is 9.90 Å². The van der Waals surface area contributed by atoms with Crippen LogP contribution in [0.4, 0.5) is 5.82 Å². The Kier molecular flexibility index (Phi) is 4.35. The van der Waals surface area contributed by atoms with Gasteiger partial charge in [0.25, 0.3) is 5.91 Å². The molecule has 3 N–H and O–H groups in total. The zero-order valence-electron chi connectivity index (χ0n) is 14.1. The number of carbonyl (C=O) groups excluding carboxylic acids is 1. The summed E-state index contributed by atoms with van der Waals surface area (Å²) in [6.07, 6.45) is 5.45. The molecule has 2 aromatic heterocycles. The molecule has 1 amide bonds. The van der Waals surface area contributed by atoms with E-state index in [-0.39, 0.29) is 0 Å². The maximum absolute atomic E-state index is 11.4. The maximum Gasteiger partial charge on any atom is 0.258 e. The minimum Gasteiger partial charge on any atom is -0.388 e. The molecule has 2 fully saturated rings. The van der Waals surface area contributed by atoms with E-state index in [2.05, 4.69) is 19.8 Å². The van der Waals surface area contributed by atoms with Gasteiger partial charge in [-0.3, -0.25) is 4.79 Å². The van der Waals surface area contributed by atoms with Crippen LogP contribution in [0.1, 0.15) is 35.4 Å². The van der Waals surface area contributed by atoms with Gasteiger partial charge in [-0.15, -0.1) is 11.3 Å². The predicted octanol–water partition coefficient (Wildman–Crippen LogP) is 1.22. The molecule has 25 heavy (non-hydrogen) atoms. The summed E-state index contributed by atoms with van der Waals surface area (Å²) < 4.78 is 0.890. The Bertz CT molecular complexity index is 778. The lowest BCUT2D eigenvalue weighted by atomic mass is 9.91. The van der Waals surface area contributed by atoms with E-state index >= 15 is 0 Å². The lowest BCUT2D eigenvalue weighted by Crippen LogP contribution is -2.50. The van der Waals surface area contributed by atoms with Crippen LogP contribution < -0.4 is 10.6 Å². The van der Waals surface area contributed by atoms with Crippen molar-refractivity contribution >= 4 is 33.3 Å². The molecule has 134 valence electrons. The smallest absolute Gasteiger partial charge is 0.258 e. The number of nitrogens with two attached hydrogens (primary N) is 1. The van der Waals surface area contributed by atoms with Crippen molar-refractivity contribution in [2.75, 3.05) is 37.6 Å². The number of aromatic nitrogens is 2. The average molecular weight is 361 g/mol. The fourth-order valence-corrected chi connectivity index (χ4v) is 4.82. The van der Waals surface area contributed by atoms with E-state index in [4.69, 9.17) is 5.73 Å². The number of β-amino-alcohol motifs (C(OH)–C–C–N with tert-alkyl or cyclic N) is 1. The lowest BCUT2D eigenvalue weighted by Gasteiger charge is -2.40. The first-order chi connectivity index (χ1) is 12.0. The van der Waals surface area contributed by atoms with E-state index in [0.717, 1.165) is 61.6 Å². The van der Waals surface area contributed by atoms with Gasteiger partial charge < -0.3 is 20.6 Å². The average Bonchev–Trinajstić information content (AvgIpc) is 3.24. The molecular formula is C17H23N5O2S. The quantitative estimate of drug-likeness (QED) is 0.850. The van der Waals surface area contributed by atoms with Crippen LogP contribution in [0, 0.1) is 0 Å². The van der Waals surface area contributed by atoms with Crippen LogP contribution in [0.25, 0.3) is 10.2 Å². The van der Waals surface area contributed by atoms with E-state index in [1.807, 2.05) is 0 Å². The molecule has 0 aliphatic carbocycles. The summed E-state index contributed by atoms with van der Waals surface area (Å²) in [7, 11) is 0. The van der Waals surface area contributed by atoms with Crippen molar-refractivity contribution in [1.82, 2.24) is 14.9 Å². The number of fused-ring (bicyclic) bond motifs is 1. The summed E-state index contributed by atoms with van der Waals surface area (Å²) in [6.45, 7) is 4.47. The summed E-state index contributed by atoms with van der Waals surface area (Å²) in [6, 6.07) is 1.72. The highest BCUT2D eigenvalue weighted by Gasteiger charge is 2.35. The minimum absolute atomic E-state index is 0.437. The van der Waals surface area contributed by atoms with Crippen LogP contribution in [0.3, 0.4) is 0 Å². The van der Waals surface area contributed by atoms with Crippen LogP contribution in [0.5, 0.6) is 0 Å². The van der Waals surface area contributed by atoms with E-state index in [0.29, 0.717) is 4.88 Å². The zero-order chi connectivity index (χ0) is 17.4. The van der Waals surface area contributed by atoms with Gasteiger partial charge in [0.1, 0.15) is 12.1 Å². The number of likely N-dealkylation sites (tertiary alicyclic amines) is 1. The number of nitrogens with zero attached hydrogens (tertiary/aromatic N) is 4. The molecule has 4 heterocycles. The van der Waals surface area contributed by atoms with Gasteiger partial charge in [0.2, 0.25) is 0 Å². The van der Waals surface area contributed by atoms with Gasteiger partial charge in [0.05, 0.1) is 20.7 Å². The third-order valence-electron chi connectivity index (χ3n) is 5.25. The fraction of sp³-hybridized carbons (Fsp3) is 0.588. The molecule has 0 atom stereocenters. The van der Waals surface area contributed by atoms with Crippen LogP contribution in [0.2, 0.25) is 0 Å². The normalized spacial score (nSPS) is 21.1. The van der Waals surface area contributed by atoms with Crippen molar-refractivity contribution in [2.24, 2.45) is 5.73 Å². The molecule has 2 aliphatic rings. The number of hydrogen-bond acceptors (Lipinski definition) is 7. The second kappa shape index (κ2) is 6.51. The van der Waals surface area contributed by atoms with Crippen molar-refractivity contribution in [3.8, 4) is 0 Å².